The Morgan fingerprint density at radius 1 is 1.57 bits per heavy atom. The van der Waals surface area contributed by atoms with Gasteiger partial charge in [0.25, 0.3) is 5.69 Å². The molecule has 0 heterocycles. The molecule has 0 radical (unpaired) electrons. The molecule has 14 heavy (non-hydrogen) atoms. The molecule has 1 rings (SSSR count). The van der Waals surface area contributed by atoms with Crippen molar-refractivity contribution in [3.8, 4) is 0 Å². The number of thiol groups is 1. The maximum absolute atomic E-state index is 10.8. The van der Waals surface area contributed by atoms with Crippen LogP contribution in [0.4, 0.5) is 5.69 Å². The van der Waals surface area contributed by atoms with Gasteiger partial charge in [-0.15, -0.1) is 12.6 Å². The van der Waals surface area contributed by atoms with Crippen molar-refractivity contribution in [3.05, 3.63) is 33.9 Å². The number of nitro groups is 1. The van der Waals surface area contributed by atoms with E-state index in [1.165, 1.54) is 19.1 Å². The van der Waals surface area contributed by atoms with Crippen molar-refractivity contribution in [1.82, 2.24) is 0 Å². The van der Waals surface area contributed by atoms with Crippen LogP contribution >= 0.6 is 12.6 Å². The van der Waals surface area contributed by atoms with Crippen LogP contribution in [0.15, 0.2) is 23.1 Å². The van der Waals surface area contributed by atoms with Crippen LogP contribution in [0.5, 0.6) is 0 Å². The van der Waals surface area contributed by atoms with Crippen molar-refractivity contribution in [2.45, 2.75) is 18.2 Å². The highest BCUT2D eigenvalue weighted by Gasteiger charge is 2.12. The first-order valence-electron chi connectivity index (χ1n) is 3.96. The summed E-state index contributed by atoms with van der Waals surface area (Å²) in [5, 5.41) is 10.5. The molecular weight excluding hydrogens is 202 g/mol. The summed E-state index contributed by atoms with van der Waals surface area (Å²) in [6.07, 6.45) is 0.217. The van der Waals surface area contributed by atoms with Crippen molar-refractivity contribution in [2.75, 3.05) is 0 Å². The van der Waals surface area contributed by atoms with Crippen molar-refractivity contribution >= 4 is 24.1 Å². The Morgan fingerprint density at radius 2 is 2.21 bits per heavy atom. The van der Waals surface area contributed by atoms with E-state index in [0.717, 1.165) is 0 Å². The van der Waals surface area contributed by atoms with Crippen LogP contribution in [0.25, 0.3) is 0 Å². The topological polar surface area (TPSA) is 60.2 Å². The van der Waals surface area contributed by atoms with Crippen molar-refractivity contribution < 1.29 is 9.72 Å². The normalized spacial score (nSPS) is 9.86. The molecule has 1 aromatic rings. The SMILES string of the molecule is CC(=O)Cc1ccc(S)c([N+](=O)[O-])c1. The average molecular weight is 211 g/mol. The van der Waals surface area contributed by atoms with E-state index < -0.39 is 4.92 Å². The summed E-state index contributed by atoms with van der Waals surface area (Å²) in [6, 6.07) is 4.57. The van der Waals surface area contributed by atoms with Crippen LogP contribution in [-0.2, 0) is 11.2 Å². The van der Waals surface area contributed by atoms with Gasteiger partial charge in [0.2, 0.25) is 0 Å². The third-order valence-corrected chi connectivity index (χ3v) is 2.07. The fourth-order valence-corrected chi connectivity index (χ4v) is 1.33. The van der Waals surface area contributed by atoms with E-state index >= 15 is 0 Å². The molecule has 0 atom stereocenters. The zero-order valence-corrected chi connectivity index (χ0v) is 8.45. The van der Waals surface area contributed by atoms with Crippen LogP contribution in [0.1, 0.15) is 12.5 Å². The number of carbonyl (C=O) groups excluding carboxylic acids is 1. The molecule has 0 N–H and O–H groups in total. The minimum absolute atomic E-state index is 0.0220. The lowest BCUT2D eigenvalue weighted by Crippen LogP contribution is -1.98. The second-order valence-electron chi connectivity index (χ2n) is 2.96. The summed E-state index contributed by atoms with van der Waals surface area (Å²) in [5.41, 5.74) is 0.578. The second kappa shape index (κ2) is 4.23. The lowest BCUT2D eigenvalue weighted by atomic mass is 10.1. The summed E-state index contributed by atoms with van der Waals surface area (Å²) in [6.45, 7) is 1.44. The second-order valence-corrected chi connectivity index (χ2v) is 3.44. The minimum atomic E-state index is -0.508. The van der Waals surface area contributed by atoms with Gasteiger partial charge in [-0.3, -0.25) is 14.9 Å². The van der Waals surface area contributed by atoms with Gasteiger partial charge < -0.3 is 0 Å². The predicted molar refractivity (Wildman–Crippen MR) is 54.7 cm³/mol. The van der Waals surface area contributed by atoms with Crippen LogP contribution in [0.2, 0.25) is 0 Å². The summed E-state index contributed by atoms with van der Waals surface area (Å²) in [4.78, 5) is 21.1. The van der Waals surface area contributed by atoms with Gasteiger partial charge in [0.15, 0.2) is 0 Å². The van der Waals surface area contributed by atoms with Crippen molar-refractivity contribution in [2.24, 2.45) is 0 Å². The van der Waals surface area contributed by atoms with E-state index in [2.05, 4.69) is 12.6 Å². The van der Waals surface area contributed by atoms with E-state index in [-0.39, 0.29) is 17.9 Å². The number of nitro benzene ring substituents is 1. The molecular formula is C9H9NO3S. The fourth-order valence-electron chi connectivity index (χ4n) is 1.11. The number of benzene rings is 1. The summed E-state index contributed by atoms with van der Waals surface area (Å²) >= 11 is 3.95. The zero-order chi connectivity index (χ0) is 10.7. The number of ketones is 1. The molecule has 0 unspecified atom stereocenters. The Labute approximate surface area is 86.5 Å². The molecule has 0 bridgehead atoms. The first-order valence-corrected chi connectivity index (χ1v) is 4.41. The molecule has 5 heteroatoms. The van der Waals surface area contributed by atoms with Gasteiger partial charge in [-0.05, 0) is 18.6 Å². The highest BCUT2D eigenvalue weighted by molar-refractivity contribution is 7.80. The molecule has 0 saturated heterocycles. The van der Waals surface area contributed by atoms with E-state index in [1.807, 2.05) is 0 Å². The van der Waals surface area contributed by atoms with E-state index in [4.69, 9.17) is 0 Å². The molecule has 0 aliphatic rings. The third-order valence-electron chi connectivity index (χ3n) is 1.69. The fraction of sp³-hybridized carbons (Fsp3) is 0.222. The molecule has 1 aromatic carbocycles. The van der Waals surface area contributed by atoms with Crippen LogP contribution in [0.3, 0.4) is 0 Å². The zero-order valence-electron chi connectivity index (χ0n) is 7.56. The van der Waals surface area contributed by atoms with E-state index in [1.54, 1.807) is 6.07 Å². The lowest BCUT2D eigenvalue weighted by Gasteiger charge is -1.99. The predicted octanol–water partition coefficient (Wildman–Crippen LogP) is 2.01. The molecule has 0 aliphatic carbocycles. The maximum Gasteiger partial charge on any atom is 0.282 e. The highest BCUT2D eigenvalue weighted by Crippen LogP contribution is 2.23. The Morgan fingerprint density at radius 3 is 2.71 bits per heavy atom. The smallest absolute Gasteiger partial charge is 0.282 e. The number of Topliss-reactive ketones (excluding diaryl/α,β-unsaturated/α-hetero) is 1. The van der Waals surface area contributed by atoms with E-state index in [0.29, 0.717) is 10.5 Å². The Balaban J connectivity index is 3.06. The molecule has 74 valence electrons. The number of hydrogen-bond acceptors (Lipinski definition) is 4. The average Bonchev–Trinajstić information content (AvgIpc) is 2.07. The minimum Gasteiger partial charge on any atom is -0.300 e. The Hall–Kier alpha value is -1.36. The number of rotatable bonds is 3. The number of carbonyl (C=O) groups is 1. The van der Waals surface area contributed by atoms with Gasteiger partial charge in [0, 0.05) is 12.5 Å². The molecule has 0 saturated carbocycles. The van der Waals surface area contributed by atoms with Gasteiger partial charge in [0.1, 0.15) is 5.78 Å². The van der Waals surface area contributed by atoms with Gasteiger partial charge in [-0.1, -0.05) is 6.07 Å². The largest absolute Gasteiger partial charge is 0.300 e. The maximum atomic E-state index is 10.8. The molecule has 0 fully saturated rings. The highest BCUT2D eigenvalue weighted by atomic mass is 32.1. The van der Waals surface area contributed by atoms with Gasteiger partial charge >= 0.3 is 0 Å². The third kappa shape index (κ3) is 2.56. The summed E-state index contributed by atoms with van der Waals surface area (Å²) in [5.74, 6) is -0.0220. The molecule has 0 aliphatic heterocycles. The van der Waals surface area contributed by atoms with Gasteiger partial charge in [-0.2, -0.15) is 0 Å². The van der Waals surface area contributed by atoms with Crippen molar-refractivity contribution in [1.29, 1.82) is 0 Å². The summed E-state index contributed by atoms with van der Waals surface area (Å²) < 4.78 is 0. The van der Waals surface area contributed by atoms with E-state index in [9.17, 15) is 14.9 Å². The number of hydrogen-bond donors (Lipinski definition) is 1. The Bertz CT molecular complexity index is 390. The molecule has 0 amide bonds. The first kappa shape index (κ1) is 10.7. The number of nitrogens with zero attached hydrogens (tertiary/aromatic N) is 1. The monoisotopic (exact) mass is 211 g/mol. The first-order chi connectivity index (χ1) is 6.50. The summed E-state index contributed by atoms with van der Waals surface area (Å²) in [7, 11) is 0. The van der Waals surface area contributed by atoms with Gasteiger partial charge in [-0.25, -0.2) is 0 Å². The van der Waals surface area contributed by atoms with Crippen molar-refractivity contribution in [3.63, 3.8) is 0 Å². The molecule has 4 nitrogen and oxygen atoms in total. The lowest BCUT2D eigenvalue weighted by molar-refractivity contribution is -0.387. The van der Waals surface area contributed by atoms with Crippen LogP contribution < -0.4 is 0 Å². The quantitative estimate of drug-likeness (QED) is 0.472. The molecule has 0 spiro atoms. The van der Waals surface area contributed by atoms with Gasteiger partial charge in [0.05, 0.1) is 9.82 Å². The van der Waals surface area contributed by atoms with Crippen LogP contribution in [0, 0.1) is 10.1 Å². The molecule has 0 aromatic heterocycles. The standard InChI is InChI=1S/C9H9NO3S/c1-6(11)4-7-2-3-9(14)8(5-7)10(12)13/h2-3,5,14H,4H2,1H3. The Kier molecular flexibility index (Phi) is 3.24. The van der Waals surface area contributed by atoms with Crippen LogP contribution in [-0.4, -0.2) is 10.7 Å².